The maximum absolute atomic E-state index is 12.7. The monoisotopic (exact) mass is 479 g/mol. The van der Waals surface area contributed by atoms with Gasteiger partial charge < -0.3 is 14.4 Å². The lowest BCUT2D eigenvalue weighted by molar-refractivity contribution is 0.414. The lowest BCUT2D eigenvalue weighted by Crippen LogP contribution is -2.26. The second-order valence-electron chi connectivity index (χ2n) is 8.97. The summed E-state index contributed by atoms with van der Waals surface area (Å²) in [7, 11) is 1.96. The van der Waals surface area contributed by atoms with E-state index in [0.717, 1.165) is 34.0 Å². The zero-order valence-corrected chi connectivity index (χ0v) is 21.6. The molecular weight excluding hydrogens is 446 g/mol. The highest BCUT2D eigenvalue weighted by molar-refractivity contribution is 7.85. The predicted molar refractivity (Wildman–Crippen MR) is 140 cm³/mol. The molecule has 0 radical (unpaired) electrons. The van der Waals surface area contributed by atoms with Crippen LogP contribution in [0.5, 0.6) is 11.5 Å². The fourth-order valence-electron chi connectivity index (χ4n) is 3.35. The molecule has 0 aliphatic rings. The number of hydrogen-bond donors (Lipinski definition) is 0. The Morgan fingerprint density at radius 3 is 1.85 bits per heavy atom. The summed E-state index contributed by atoms with van der Waals surface area (Å²) in [5.74, 6) is 2.43. The van der Waals surface area contributed by atoms with E-state index in [1.165, 1.54) is 0 Å². The Morgan fingerprint density at radius 1 is 0.912 bits per heavy atom. The molecule has 0 saturated carbocycles. The topological polar surface area (TPSA) is 64.0 Å². The summed E-state index contributed by atoms with van der Waals surface area (Å²) in [6.07, 6.45) is 1.78. The van der Waals surface area contributed by atoms with Gasteiger partial charge in [-0.2, -0.15) is 4.40 Å². The summed E-state index contributed by atoms with van der Waals surface area (Å²) in [6, 6.07) is 19.9. The van der Waals surface area contributed by atoms with Gasteiger partial charge in [0, 0.05) is 24.8 Å². The van der Waals surface area contributed by atoms with Crippen LogP contribution in [0.4, 0.5) is 5.82 Å². The SMILES string of the molecule is COc1ccc(CN(Cc2ccc(OC)cc2)c2ncccc2/C(C)=N/[S@](=O)C(C)(C)C)cc1. The zero-order valence-electron chi connectivity index (χ0n) is 20.7. The molecule has 0 unspecified atom stereocenters. The van der Waals surface area contributed by atoms with Gasteiger partial charge in [0.1, 0.15) is 28.3 Å². The van der Waals surface area contributed by atoms with Crippen LogP contribution in [0, 0.1) is 0 Å². The highest BCUT2D eigenvalue weighted by Gasteiger charge is 2.21. The first-order chi connectivity index (χ1) is 16.2. The average Bonchev–Trinajstić information content (AvgIpc) is 2.84. The molecule has 0 fully saturated rings. The smallest absolute Gasteiger partial charge is 0.145 e. The Kier molecular flexibility index (Phi) is 8.45. The third kappa shape index (κ3) is 6.67. The number of methoxy groups -OCH3 is 2. The molecule has 180 valence electrons. The minimum atomic E-state index is -1.36. The van der Waals surface area contributed by atoms with Gasteiger partial charge in [-0.1, -0.05) is 24.3 Å². The van der Waals surface area contributed by atoms with Gasteiger partial charge in [0.05, 0.1) is 24.7 Å². The Balaban J connectivity index is 2.01. The van der Waals surface area contributed by atoms with Crippen molar-refractivity contribution in [2.75, 3.05) is 19.1 Å². The minimum Gasteiger partial charge on any atom is -0.497 e. The van der Waals surface area contributed by atoms with E-state index in [2.05, 4.69) is 33.6 Å². The van der Waals surface area contributed by atoms with Crippen molar-refractivity contribution in [3.63, 3.8) is 0 Å². The van der Waals surface area contributed by atoms with E-state index in [9.17, 15) is 4.21 Å². The van der Waals surface area contributed by atoms with Gasteiger partial charge in [-0.15, -0.1) is 0 Å². The molecule has 34 heavy (non-hydrogen) atoms. The molecule has 7 heteroatoms. The average molecular weight is 480 g/mol. The van der Waals surface area contributed by atoms with Gasteiger partial charge in [-0.05, 0) is 75.2 Å². The number of hydrogen-bond acceptors (Lipinski definition) is 5. The van der Waals surface area contributed by atoms with Crippen molar-refractivity contribution in [3.8, 4) is 11.5 Å². The molecule has 0 N–H and O–H groups in total. The van der Waals surface area contributed by atoms with Crippen LogP contribution in [-0.2, 0) is 24.1 Å². The zero-order chi connectivity index (χ0) is 24.7. The van der Waals surface area contributed by atoms with Crippen molar-refractivity contribution < 1.29 is 13.7 Å². The van der Waals surface area contributed by atoms with Gasteiger partial charge in [-0.3, -0.25) is 0 Å². The van der Waals surface area contributed by atoms with E-state index >= 15 is 0 Å². The molecule has 0 amide bonds. The molecule has 1 atom stereocenters. The lowest BCUT2D eigenvalue weighted by Gasteiger charge is -2.26. The second kappa shape index (κ2) is 11.3. The highest BCUT2D eigenvalue weighted by atomic mass is 32.2. The van der Waals surface area contributed by atoms with Gasteiger partial charge in [0.2, 0.25) is 0 Å². The van der Waals surface area contributed by atoms with Crippen molar-refractivity contribution in [3.05, 3.63) is 83.6 Å². The summed E-state index contributed by atoms with van der Waals surface area (Å²) < 4.78 is 27.4. The highest BCUT2D eigenvalue weighted by Crippen LogP contribution is 2.25. The Bertz CT molecular complexity index is 1090. The first-order valence-electron chi connectivity index (χ1n) is 11.1. The van der Waals surface area contributed by atoms with Gasteiger partial charge in [0.15, 0.2) is 0 Å². The number of rotatable bonds is 9. The van der Waals surface area contributed by atoms with Crippen LogP contribution in [0.3, 0.4) is 0 Å². The van der Waals surface area contributed by atoms with Gasteiger partial charge in [0.25, 0.3) is 0 Å². The lowest BCUT2D eigenvalue weighted by atomic mass is 10.1. The molecule has 2 aromatic carbocycles. The molecule has 0 spiro atoms. The van der Waals surface area contributed by atoms with Gasteiger partial charge in [-0.25, -0.2) is 9.19 Å². The third-order valence-electron chi connectivity index (χ3n) is 5.28. The van der Waals surface area contributed by atoms with Crippen molar-refractivity contribution in [1.29, 1.82) is 0 Å². The molecule has 6 nitrogen and oxygen atoms in total. The molecule has 1 heterocycles. The van der Waals surface area contributed by atoms with Crippen LogP contribution in [0.25, 0.3) is 0 Å². The summed E-state index contributed by atoms with van der Waals surface area (Å²) in [4.78, 5) is 6.93. The normalized spacial score (nSPS) is 12.8. The number of benzene rings is 2. The van der Waals surface area contributed by atoms with Crippen molar-refractivity contribution >= 4 is 22.5 Å². The quantitative estimate of drug-likeness (QED) is 0.375. The predicted octanol–water partition coefficient (Wildman–Crippen LogP) is 5.58. The van der Waals surface area contributed by atoms with E-state index in [1.54, 1.807) is 20.4 Å². The first kappa shape index (κ1) is 25.4. The fraction of sp³-hybridized carbons (Fsp3) is 0.333. The van der Waals surface area contributed by atoms with Crippen LogP contribution in [0.1, 0.15) is 44.4 Å². The molecule has 0 saturated heterocycles. The van der Waals surface area contributed by atoms with E-state index in [0.29, 0.717) is 18.8 Å². The molecule has 0 aliphatic carbocycles. The minimum absolute atomic E-state index is 0.435. The van der Waals surface area contributed by atoms with Crippen molar-refractivity contribution in [1.82, 2.24) is 4.98 Å². The second-order valence-corrected chi connectivity index (χ2v) is 10.9. The Labute approximate surface area is 205 Å². The fourth-order valence-corrected chi connectivity index (χ4v) is 3.97. The molecule has 3 rings (SSSR count). The summed E-state index contributed by atoms with van der Waals surface area (Å²) >= 11 is 0. The van der Waals surface area contributed by atoms with Gasteiger partial charge >= 0.3 is 0 Å². The Morgan fingerprint density at radius 2 is 1.41 bits per heavy atom. The number of ether oxygens (including phenoxy) is 2. The molecule has 0 aliphatic heterocycles. The van der Waals surface area contributed by atoms with E-state index in [1.807, 2.05) is 64.1 Å². The maximum atomic E-state index is 12.7. The molecule has 1 aromatic heterocycles. The van der Waals surface area contributed by atoms with Crippen LogP contribution in [0.2, 0.25) is 0 Å². The molecular formula is C27H33N3O3S. The van der Waals surface area contributed by atoms with E-state index in [-0.39, 0.29) is 0 Å². The molecule has 0 bridgehead atoms. The number of anilines is 1. The number of nitrogens with zero attached hydrogens (tertiary/aromatic N) is 3. The van der Waals surface area contributed by atoms with Crippen LogP contribution < -0.4 is 14.4 Å². The molecule has 3 aromatic rings. The Hall–Kier alpha value is -3.19. The number of aromatic nitrogens is 1. The maximum Gasteiger partial charge on any atom is 0.145 e. The number of pyridine rings is 1. The summed E-state index contributed by atoms with van der Waals surface area (Å²) in [5.41, 5.74) is 3.81. The van der Waals surface area contributed by atoms with Crippen LogP contribution in [-0.4, -0.2) is 33.9 Å². The standard InChI is InChI=1S/C27H33N3O3S/c1-20(29-34(31)27(2,3)4)25-8-7-17-28-26(25)30(18-21-9-13-23(32-5)14-10-21)19-22-11-15-24(33-6)16-12-22/h7-17H,18-19H2,1-6H3/b29-20+/t34-/m1/s1. The largest absolute Gasteiger partial charge is 0.497 e. The van der Waals surface area contributed by atoms with Crippen molar-refractivity contribution in [2.45, 2.75) is 45.5 Å². The first-order valence-corrected chi connectivity index (χ1v) is 12.3. The summed E-state index contributed by atoms with van der Waals surface area (Å²) in [5, 5.41) is 0. The van der Waals surface area contributed by atoms with E-state index < -0.39 is 15.7 Å². The van der Waals surface area contributed by atoms with E-state index in [4.69, 9.17) is 14.5 Å². The van der Waals surface area contributed by atoms with Crippen LogP contribution >= 0.6 is 0 Å². The third-order valence-corrected chi connectivity index (χ3v) is 6.77. The van der Waals surface area contributed by atoms with Crippen molar-refractivity contribution in [2.24, 2.45) is 4.40 Å². The van der Waals surface area contributed by atoms with Crippen LogP contribution in [0.15, 0.2) is 71.3 Å². The summed E-state index contributed by atoms with van der Waals surface area (Å²) in [6.45, 7) is 8.92.